The lowest BCUT2D eigenvalue weighted by Gasteiger charge is -2.61. The minimum absolute atomic E-state index is 0.0738. The van der Waals surface area contributed by atoms with Crippen LogP contribution < -0.4 is 0 Å². The number of aliphatic hydroxyl groups is 1. The van der Waals surface area contributed by atoms with Gasteiger partial charge in [-0.2, -0.15) is 0 Å². The molecular weight excluding hydrogens is 428 g/mol. The molecule has 2 saturated carbocycles. The van der Waals surface area contributed by atoms with Crippen molar-refractivity contribution in [3.05, 3.63) is 35.9 Å². The smallest absolute Gasteiger partial charge is 0.194 e. The summed E-state index contributed by atoms with van der Waals surface area (Å²) in [6, 6.07) is 10.5. The molecule has 0 bridgehead atoms. The summed E-state index contributed by atoms with van der Waals surface area (Å²) >= 11 is 0. The van der Waals surface area contributed by atoms with Gasteiger partial charge in [0.05, 0.1) is 25.2 Å². The Bertz CT molecular complexity index is 890. The average Bonchev–Trinajstić information content (AvgIpc) is 3.24. The summed E-state index contributed by atoms with van der Waals surface area (Å²) in [7, 11) is -2.06. The first kappa shape index (κ1) is 24.9. The standard InChI is InChI=1S/C28H42O4Si/c1-20-25-22(24(29)14-13-23(25)28(20)30-17-18-31-28)15-16-27(5,19-21-11-9-8-10-12-21)32-33(6,7)26(2,3)4/h8-12,20,22-25,29H,13-14,17-19H2,1-7H3/t20?,22-,23-,24+,25+,27+/m1/s1. The monoisotopic (exact) mass is 470 g/mol. The fraction of sp³-hybridized carbons (Fsp3) is 0.714. The van der Waals surface area contributed by atoms with Gasteiger partial charge in [0.15, 0.2) is 14.1 Å². The minimum atomic E-state index is -2.06. The van der Waals surface area contributed by atoms with Crippen LogP contribution in [-0.2, 0) is 20.3 Å². The maximum atomic E-state index is 11.0. The first-order valence-electron chi connectivity index (χ1n) is 12.6. The van der Waals surface area contributed by atoms with E-state index in [1.54, 1.807) is 0 Å². The molecule has 1 aliphatic heterocycles. The summed E-state index contributed by atoms with van der Waals surface area (Å²) in [6.45, 7) is 17.0. The Labute approximate surface area is 201 Å². The number of benzene rings is 1. The topological polar surface area (TPSA) is 47.9 Å². The molecule has 0 amide bonds. The number of aliphatic hydroxyl groups excluding tert-OH is 1. The molecule has 1 aromatic carbocycles. The Morgan fingerprint density at radius 3 is 2.33 bits per heavy atom. The number of rotatable bonds is 4. The van der Waals surface area contributed by atoms with Crippen molar-refractivity contribution < 1.29 is 19.0 Å². The summed E-state index contributed by atoms with van der Waals surface area (Å²) in [5, 5.41) is 11.1. The molecule has 5 heteroatoms. The van der Waals surface area contributed by atoms with Crippen molar-refractivity contribution in [1.29, 1.82) is 0 Å². The van der Waals surface area contributed by atoms with E-state index in [4.69, 9.17) is 13.9 Å². The highest BCUT2D eigenvalue weighted by Crippen LogP contribution is 2.61. The van der Waals surface area contributed by atoms with E-state index in [0.29, 0.717) is 25.0 Å². The van der Waals surface area contributed by atoms with Crippen molar-refractivity contribution in [3.8, 4) is 11.8 Å². The first-order valence-corrected chi connectivity index (χ1v) is 15.5. The van der Waals surface area contributed by atoms with Gasteiger partial charge < -0.3 is 19.0 Å². The fourth-order valence-corrected chi connectivity index (χ4v) is 7.56. The molecule has 6 atom stereocenters. The lowest BCUT2D eigenvalue weighted by Crippen LogP contribution is -2.67. The zero-order valence-corrected chi connectivity index (χ0v) is 22.5. The molecule has 4 nitrogen and oxygen atoms in total. The van der Waals surface area contributed by atoms with E-state index in [1.807, 2.05) is 6.07 Å². The van der Waals surface area contributed by atoms with E-state index in [1.165, 1.54) is 5.56 Å². The Morgan fingerprint density at radius 1 is 1.09 bits per heavy atom. The van der Waals surface area contributed by atoms with Crippen LogP contribution in [0.15, 0.2) is 30.3 Å². The maximum Gasteiger partial charge on any atom is 0.194 e. The van der Waals surface area contributed by atoms with Crippen LogP contribution in [-0.4, -0.2) is 44.1 Å². The number of ether oxygens (including phenoxy) is 2. The van der Waals surface area contributed by atoms with Crippen molar-refractivity contribution in [3.63, 3.8) is 0 Å². The predicted octanol–water partition coefficient (Wildman–Crippen LogP) is 5.41. The number of hydrogen-bond acceptors (Lipinski definition) is 4. The van der Waals surface area contributed by atoms with Gasteiger partial charge in [0, 0.05) is 18.3 Å². The zero-order valence-electron chi connectivity index (χ0n) is 21.5. The Morgan fingerprint density at radius 2 is 1.73 bits per heavy atom. The molecule has 3 aliphatic rings. The lowest BCUT2D eigenvalue weighted by atomic mass is 9.50. The van der Waals surface area contributed by atoms with E-state index < -0.39 is 25.8 Å². The quantitative estimate of drug-likeness (QED) is 0.472. The fourth-order valence-electron chi connectivity index (χ4n) is 6.00. The molecule has 2 aliphatic carbocycles. The molecule has 1 unspecified atom stereocenters. The molecule has 1 N–H and O–H groups in total. The van der Waals surface area contributed by atoms with Gasteiger partial charge in [0.25, 0.3) is 0 Å². The van der Waals surface area contributed by atoms with Gasteiger partial charge in [-0.05, 0) is 49.4 Å². The van der Waals surface area contributed by atoms with Crippen LogP contribution in [0, 0.1) is 35.5 Å². The van der Waals surface area contributed by atoms with Crippen LogP contribution in [0.4, 0.5) is 0 Å². The van der Waals surface area contributed by atoms with E-state index in [9.17, 15) is 5.11 Å². The second-order valence-corrected chi connectivity index (χ2v) is 16.8. The summed E-state index contributed by atoms with van der Waals surface area (Å²) in [6.07, 6.45) is 2.01. The molecule has 33 heavy (non-hydrogen) atoms. The van der Waals surface area contributed by atoms with Crippen LogP contribution in [0.2, 0.25) is 18.1 Å². The molecule has 1 spiro atoms. The Hall–Kier alpha value is -1.16. The van der Waals surface area contributed by atoms with Crippen molar-refractivity contribution in [2.45, 2.75) is 89.5 Å². The van der Waals surface area contributed by atoms with Crippen molar-refractivity contribution in [1.82, 2.24) is 0 Å². The molecule has 1 saturated heterocycles. The highest BCUT2D eigenvalue weighted by Gasteiger charge is 2.67. The molecule has 182 valence electrons. The minimum Gasteiger partial charge on any atom is -0.401 e. The van der Waals surface area contributed by atoms with Gasteiger partial charge in [-0.1, -0.05) is 69.9 Å². The van der Waals surface area contributed by atoms with Gasteiger partial charge in [0.2, 0.25) is 0 Å². The van der Waals surface area contributed by atoms with Crippen LogP contribution >= 0.6 is 0 Å². The second-order valence-electron chi connectivity index (χ2n) is 12.1. The average molecular weight is 471 g/mol. The molecule has 0 aromatic heterocycles. The van der Waals surface area contributed by atoms with Gasteiger partial charge in [-0.25, -0.2) is 0 Å². The van der Waals surface area contributed by atoms with Crippen LogP contribution in [0.5, 0.6) is 0 Å². The SMILES string of the molecule is CC1[C@H]2[C@H](C#C[C@@](C)(Cc3ccccc3)O[Si](C)(C)C(C)(C)C)[C@@H](O)CC[C@H]2C12OCCO2. The van der Waals surface area contributed by atoms with Crippen molar-refractivity contribution in [2.24, 2.45) is 23.7 Å². The highest BCUT2D eigenvalue weighted by atomic mass is 28.4. The third kappa shape index (κ3) is 4.58. The van der Waals surface area contributed by atoms with E-state index >= 15 is 0 Å². The molecule has 4 rings (SSSR count). The van der Waals surface area contributed by atoms with E-state index in [0.717, 1.165) is 19.3 Å². The third-order valence-electron chi connectivity index (χ3n) is 8.71. The molecule has 0 radical (unpaired) electrons. The predicted molar refractivity (Wildman–Crippen MR) is 134 cm³/mol. The summed E-state index contributed by atoms with van der Waals surface area (Å²) in [5.41, 5.74) is 0.612. The van der Waals surface area contributed by atoms with Gasteiger partial charge >= 0.3 is 0 Å². The van der Waals surface area contributed by atoms with Gasteiger partial charge in [-0.15, -0.1) is 0 Å². The Balaban J connectivity index is 1.63. The summed E-state index contributed by atoms with van der Waals surface area (Å²) < 4.78 is 19.2. The van der Waals surface area contributed by atoms with Crippen LogP contribution in [0.3, 0.4) is 0 Å². The molecule has 1 aromatic rings. The van der Waals surface area contributed by atoms with Crippen LogP contribution in [0.25, 0.3) is 0 Å². The normalized spacial score (nSPS) is 32.9. The highest BCUT2D eigenvalue weighted by molar-refractivity contribution is 6.74. The summed E-state index contributed by atoms with van der Waals surface area (Å²) in [4.78, 5) is 0. The Kier molecular flexibility index (Phi) is 6.66. The second kappa shape index (κ2) is 8.81. The maximum absolute atomic E-state index is 11.0. The summed E-state index contributed by atoms with van der Waals surface area (Å²) in [5.74, 6) is 7.47. The van der Waals surface area contributed by atoms with E-state index in [-0.39, 0.29) is 16.9 Å². The third-order valence-corrected chi connectivity index (χ3v) is 13.3. The van der Waals surface area contributed by atoms with Crippen molar-refractivity contribution in [2.75, 3.05) is 13.2 Å². The number of hydrogen-bond donors (Lipinski definition) is 1. The van der Waals surface area contributed by atoms with E-state index in [2.05, 4.69) is 83.8 Å². The molecule has 1 heterocycles. The van der Waals surface area contributed by atoms with Gasteiger partial charge in [0.1, 0.15) is 5.60 Å². The molecule has 3 fully saturated rings. The zero-order chi connectivity index (χ0) is 24.1. The largest absolute Gasteiger partial charge is 0.401 e. The number of fused-ring (bicyclic) bond motifs is 2. The molecular formula is C28H42O4Si. The van der Waals surface area contributed by atoms with Gasteiger partial charge in [-0.3, -0.25) is 0 Å². The van der Waals surface area contributed by atoms with Crippen molar-refractivity contribution >= 4 is 8.32 Å². The first-order chi connectivity index (χ1) is 15.4. The lowest BCUT2D eigenvalue weighted by molar-refractivity contribution is -0.334. The van der Waals surface area contributed by atoms with Crippen LogP contribution in [0.1, 0.15) is 53.0 Å².